The third-order valence-electron chi connectivity index (χ3n) is 4.20. The highest BCUT2D eigenvalue weighted by Gasteiger charge is 2.12. The summed E-state index contributed by atoms with van der Waals surface area (Å²) in [4.78, 5) is 20.9. The summed E-state index contributed by atoms with van der Waals surface area (Å²) in [6.07, 6.45) is 1.49. The van der Waals surface area contributed by atoms with Crippen LogP contribution in [-0.2, 0) is 0 Å². The first-order chi connectivity index (χ1) is 12.0. The Morgan fingerprint density at radius 1 is 1.04 bits per heavy atom. The Morgan fingerprint density at radius 3 is 2.31 bits per heavy atom. The molecule has 0 spiro atoms. The minimum absolute atomic E-state index is 0. The van der Waals surface area contributed by atoms with Crippen LogP contribution in [0.25, 0.3) is 11.0 Å². The van der Waals surface area contributed by atoms with Crippen LogP contribution < -0.4 is 11.1 Å². The van der Waals surface area contributed by atoms with Gasteiger partial charge in [-0.2, -0.15) is 0 Å². The van der Waals surface area contributed by atoms with Gasteiger partial charge < -0.3 is 11.1 Å². The maximum absolute atomic E-state index is 12.3. The number of rotatable bonds is 5. The maximum Gasteiger partial charge on any atom is 0.271 e. The molecule has 0 saturated carbocycles. The second-order valence-electron chi connectivity index (χ2n) is 6.38. The van der Waals surface area contributed by atoms with E-state index >= 15 is 0 Å². The molecule has 0 aliphatic rings. The standard InChI is InChI=1S/C20H22N4O.ClH/c1-13(2)14-7-9-15(10-8-14)16(21)11-23-20(25)19-12-22-17-5-3-4-6-18(17)24-19;/h3-10,12-13,16H,11,21H2,1-2H3,(H,23,25);1H. The van der Waals surface area contributed by atoms with E-state index in [2.05, 4.69) is 41.3 Å². The van der Waals surface area contributed by atoms with Gasteiger partial charge in [0, 0.05) is 12.6 Å². The molecule has 3 N–H and O–H groups in total. The van der Waals surface area contributed by atoms with Crippen LogP contribution >= 0.6 is 12.4 Å². The SMILES string of the molecule is CC(C)c1ccc(C(N)CNC(=O)c2cnc3ccccc3n2)cc1.Cl. The Kier molecular flexibility index (Phi) is 6.66. The second kappa shape index (κ2) is 8.74. The van der Waals surface area contributed by atoms with Gasteiger partial charge in [-0.3, -0.25) is 9.78 Å². The molecule has 1 unspecified atom stereocenters. The van der Waals surface area contributed by atoms with Crippen molar-refractivity contribution < 1.29 is 4.79 Å². The molecule has 136 valence electrons. The Bertz CT molecular complexity index is 880. The van der Waals surface area contributed by atoms with Gasteiger partial charge in [-0.25, -0.2) is 4.98 Å². The molecule has 6 heteroatoms. The number of para-hydroxylation sites is 2. The van der Waals surface area contributed by atoms with Crippen molar-refractivity contribution in [3.05, 3.63) is 71.5 Å². The minimum atomic E-state index is -0.271. The number of nitrogens with two attached hydrogens (primary N) is 1. The fourth-order valence-corrected chi connectivity index (χ4v) is 2.61. The molecule has 0 fully saturated rings. The summed E-state index contributed by atoms with van der Waals surface area (Å²) in [5.41, 5.74) is 10.2. The molecule has 0 aliphatic carbocycles. The predicted octanol–water partition coefficient (Wildman–Crippen LogP) is 3.60. The van der Waals surface area contributed by atoms with Gasteiger partial charge >= 0.3 is 0 Å². The average molecular weight is 371 g/mol. The number of nitrogens with zero attached hydrogens (tertiary/aromatic N) is 2. The fraction of sp³-hybridized carbons (Fsp3) is 0.250. The Balaban J connectivity index is 0.00000243. The number of fused-ring (bicyclic) bond motifs is 1. The van der Waals surface area contributed by atoms with Crippen molar-refractivity contribution in [3.8, 4) is 0 Å². The highest BCUT2D eigenvalue weighted by Crippen LogP contribution is 2.17. The zero-order valence-electron chi connectivity index (χ0n) is 14.8. The summed E-state index contributed by atoms with van der Waals surface area (Å²) in [5, 5.41) is 2.83. The van der Waals surface area contributed by atoms with E-state index < -0.39 is 0 Å². The van der Waals surface area contributed by atoms with Crippen molar-refractivity contribution in [3.63, 3.8) is 0 Å². The summed E-state index contributed by atoms with van der Waals surface area (Å²) < 4.78 is 0. The van der Waals surface area contributed by atoms with E-state index in [1.165, 1.54) is 11.8 Å². The number of hydrogen-bond donors (Lipinski definition) is 2. The molecule has 0 saturated heterocycles. The Labute approximate surface area is 159 Å². The molecular formula is C20H23ClN4O. The Hall–Kier alpha value is -2.50. The van der Waals surface area contributed by atoms with Gasteiger partial charge in [0.2, 0.25) is 0 Å². The number of nitrogens with one attached hydrogen (secondary N) is 1. The molecule has 0 aliphatic heterocycles. The number of carbonyl (C=O) groups is 1. The molecule has 1 atom stereocenters. The molecule has 1 aromatic heterocycles. The van der Waals surface area contributed by atoms with Gasteiger partial charge in [0.05, 0.1) is 17.2 Å². The van der Waals surface area contributed by atoms with Gasteiger partial charge in [-0.05, 0) is 29.2 Å². The molecule has 2 aromatic carbocycles. The molecule has 3 aromatic rings. The lowest BCUT2D eigenvalue weighted by Gasteiger charge is -2.14. The molecule has 3 rings (SSSR count). The summed E-state index contributed by atoms with van der Waals surface area (Å²) in [7, 11) is 0. The quantitative estimate of drug-likeness (QED) is 0.718. The number of amides is 1. The van der Waals surface area contributed by atoms with Crippen LogP contribution in [0.5, 0.6) is 0 Å². The molecule has 0 radical (unpaired) electrons. The lowest BCUT2D eigenvalue weighted by atomic mass is 9.99. The smallest absolute Gasteiger partial charge is 0.271 e. The normalized spacial score (nSPS) is 11.8. The molecule has 5 nitrogen and oxygen atoms in total. The summed E-state index contributed by atoms with van der Waals surface area (Å²) in [6, 6.07) is 15.4. The van der Waals surface area contributed by atoms with E-state index in [-0.39, 0.29) is 24.4 Å². The van der Waals surface area contributed by atoms with Crippen LogP contribution in [0.1, 0.15) is 47.4 Å². The number of benzene rings is 2. The van der Waals surface area contributed by atoms with Crippen LogP contribution in [0, 0.1) is 0 Å². The van der Waals surface area contributed by atoms with E-state index in [9.17, 15) is 4.79 Å². The summed E-state index contributed by atoms with van der Waals surface area (Å²) in [5.74, 6) is 0.212. The van der Waals surface area contributed by atoms with Crippen molar-refractivity contribution in [2.75, 3.05) is 6.54 Å². The number of aromatic nitrogens is 2. The fourth-order valence-electron chi connectivity index (χ4n) is 2.61. The molecule has 1 heterocycles. The number of carbonyl (C=O) groups excluding carboxylic acids is 1. The summed E-state index contributed by atoms with van der Waals surface area (Å²) in [6.45, 7) is 4.65. The van der Waals surface area contributed by atoms with Gasteiger partial charge in [-0.1, -0.05) is 50.2 Å². The average Bonchev–Trinajstić information content (AvgIpc) is 2.65. The first-order valence-electron chi connectivity index (χ1n) is 8.40. The first kappa shape index (κ1) is 19.8. The zero-order chi connectivity index (χ0) is 17.8. The van der Waals surface area contributed by atoms with E-state index in [0.29, 0.717) is 23.7 Å². The predicted molar refractivity (Wildman–Crippen MR) is 107 cm³/mol. The van der Waals surface area contributed by atoms with Gasteiger partial charge in [0.25, 0.3) is 5.91 Å². The lowest BCUT2D eigenvalue weighted by Crippen LogP contribution is -2.32. The largest absolute Gasteiger partial charge is 0.349 e. The van der Waals surface area contributed by atoms with Crippen molar-refractivity contribution in [1.82, 2.24) is 15.3 Å². The van der Waals surface area contributed by atoms with Crippen LogP contribution in [0.3, 0.4) is 0 Å². The number of hydrogen-bond acceptors (Lipinski definition) is 4. The van der Waals surface area contributed by atoms with E-state index in [0.717, 1.165) is 11.1 Å². The van der Waals surface area contributed by atoms with Crippen molar-refractivity contribution in [1.29, 1.82) is 0 Å². The van der Waals surface area contributed by atoms with Crippen LogP contribution in [0.15, 0.2) is 54.7 Å². The topological polar surface area (TPSA) is 80.9 Å². The highest BCUT2D eigenvalue weighted by atomic mass is 35.5. The zero-order valence-corrected chi connectivity index (χ0v) is 15.7. The number of halogens is 1. The van der Waals surface area contributed by atoms with Gasteiger partial charge in [0.15, 0.2) is 0 Å². The minimum Gasteiger partial charge on any atom is -0.349 e. The van der Waals surface area contributed by atoms with Gasteiger partial charge in [0.1, 0.15) is 5.69 Å². The third kappa shape index (κ3) is 4.56. The van der Waals surface area contributed by atoms with Crippen LogP contribution in [-0.4, -0.2) is 22.4 Å². The lowest BCUT2D eigenvalue weighted by molar-refractivity contribution is 0.0946. The monoisotopic (exact) mass is 370 g/mol. The molecule has 26 heavy (non-hydrogen) atoms. The van der Waals surface area contributed by atoms with Crippen molar-refractivity contribution in [2.45, 2.75) is 25.8 Å². The van der Waals surface area contributed by atoms with E-state index in [1.807, 2.05) is 36.4 Å². The molecule has 1 amide bonds. The highest BCUT2D eigenvalue weighted by molar-refractivity contribution is 5.93. The third-order valence-corrected chi connectivity index (χ3v) is 4.20. The Morgan fingerprint density at radius 2 is 1.65 bits per heavy atom. The maximum atomic E-state index is 12.3. The summed E-state index contributed by atoms with van der Waals surface area (Å²) >= 11 is 0. The van der Waals surface area contributed by atoms with Crippen molar-refractivity contribution >= 4 is 29.3 Å². The second-order valence-corrected chi connectivity index (χ2v) is 6.38. The molecular weight excluding hydrogens is 348 g/mol. The van der Waals surface area contributed by atoms with Gasteiger partial charge in [-0.15, -0.1) is 12.4 Å². The molecule has 0 bridgehead atoms. The van der Waals surface area contributed by atoms with E-state index in [1.54, 1.807) is 0 Å². The van der Waals surface area contributed by atoms with E-state index in [4.69, 9.17) is 5.73 Å². The van der Waals surface area contributed by atoms with Crippen LogP contribution in [0.2, 0.25) is 0 Å². The van der Waals surface area contributed by atoms with Crippen LogP contribution in [0.4, 0.5) is 0 Å². The first-order valence-corrected chi connectivity index (χ1v) is 8.40. The van der Waals surface area contributed by atoms with Crippen molar-refractivity contribution in [2.24, 2.45) is 5.73 Å².